The normalized spacial score (nSPS) is 28.2. The van der Waals surface area contributed by atoms with Crippen LogP contribution in [0.15, 0.2) is 24.3 Å². The van der Waals surface area contributed by atoms with Crippen LogP contribution in [0, 0.1) is 5.82 Å². The molecule has 0 saturated carbocycles. The van der Waals surface area contributed by atoms with Crippen LogP contribution in [-0.4, -0.2) is 24.5 Å². The van der Waals surface area contributed by atoms with E-state index in [2.05, 4.69) is 11.9 Å². The Bertz CT molecular complexity index is 300. The van der Waals surface area contributed by atoms with E-state index in [-0.39, 0.29) is 17.9 Å². The fourth-order valence-electron chi connectivity index (χ4n) is 2.14. The highest BCUT2D eigenvalue weighted by Crippen LogP contribution is 2.29. The van der Waals surface area contributed by atoms with Crippen LogP contribution in [0.5, 0.6) is 0 Å². The van der Waals surface area contributed by atoms with Crippen LogP contribution in [0.25, 0.3) is 0 Å². The molecule has 2 nitrogen and oxygen atoms in total. The van der Waals surface area contributed by atoms with Crippen molar-refractivity contribution in [1.82, 2.24) is 4.90 Å². The minimum absolute atomic E-state index is 0.172. The zero-order valence-corrected chi connectivity index (χ0v) is 8.28. The van der Waals surface area contributed by atoms with Crippen LogP contribution >= 0.6 is 0 Å². The molecule has 0 amide bonds. The third-order valence-corrected chi connectivity index (χ3v) is 2.91. The highest BCUT2D eigenvalue weighted by Gasteiger charge is 2.29. The summed E-state index contributed by atoms with van der Waals surface area (Å²) >= 11 is 0. The van der Waals surface area contributed by atoms with Gasteiger partial charge in [0.2, 0.25) is 0 Å². The average Bonchev–Trinajstić information content (AvgIpc) is 2.49. The van der Waals surface area contributed by atoms with Gasteiger partial charge in [-0.1, -0.05) is 12.1 Å². The summed E-state index contributed by atoms with van der Waals surface area (Å²) < 4.78 is 12.7. The van der Waals surface area contributed by atoms with Gasteiger partial charge >= 0.3 is 0 Å². The van der Waals surface area contributed by atoms with Crippen molar-refractivity contribution in [1.29, 1.82) is 0 Å². The largest absolute Gasteiger partial charge is 0.326 e. The summed E-state index contributed by atoms with van der Waals surface area (Å²) in [6.07, 6.45) is 1.01. The molecule has 2 atom stereocenters. The molecule has 0 aromatic heterocycles. The van der Waals surface area contributed by atoms with Crippen molar-refractivity contribution in [3.63, 3.8) is 0 Å². The molecule has 1 saturated heterocycles. The molecule has 1 aromatic rings. The Labute approximate surface area is 83.5 Å². The molecule has 1 aromatic carbocycles. The predicted octanol–water partition coefficient (Wildman–Crippen LogP) is 1.53. The van der Waals surface area contributed by atoms with E-state index < -0.39 is 0 Å². The van der Waals surface area contributed by atoms with Gasteiger partial charge in [-0.15, -0.1) is 0 Å². The number of hydrogen-bond acceptors (Lipinski definition) is 2. The van der Waals surface area contributed by atoms with Gasteiger partial charge in [0.25, 0.3) is 0 Å². The molecular weight excluding hydrogens is 179 g/mol. The van der Waals surface area contributed by atoms with Crippen molar-refractivity contribution in [2.24, 2.45) is 5.73 Å². The summed E-state index contributed by atoms with van der Waals surface area (Å²) in [7, 11) is 2.06. The summed E-state index contributed by atoms with van der Waals surface area (Å²) in [6, 6.07) is 7.05. The van der Waals surface area contributed by atoms with Crippen LogP contribution in [0.1, 0.15) is 18.0 Å². The lowest BCUT2D eigenvalue weighted by Gasteiger charge is -2.23. The van der Waals surface area contributed by atoms with E-state index in [0.717, 1.165) is 18.5 Å². The van der Waals surface area contributed by atoms with Crippen molar-refractivity contribution < 1.29 is 4.39 Å². The second kappa shape index (κ2) is 3.67. The van der Waals surface area contributed by atoms with Crippen molar-refractivity contribution in [3.05, 3.63) is 35.6 Å². The number of benzene rings is 1. The molecule has 76 valence electrons. The van der Waals surface area contributed by atoms with E-state index in [1.807, 2.05) is 12.1 Å². The first kappa shape index (κ1) is 9.62. The first-order chi connectivity index (χ1) is 6.68. The standard InChI is InChI=1S/C11H15FN2/c1-14-7-6-10(13)11(14)8-2-4-9(12)5-3-8/h2-5,10-11H,6-7,13H2,1H3/t10-,11+/m0/s1. The molecule has 0 bridgehead atoms. The number of likely N-dealkylation sites (tertiary alicyclic amines) is 1. The van der Waals surface area contributed by atoms with Gasteiger partial charge in [-0.2, -0.15) is 0 Å². The SMILES string of the molecule is CN1CC[C@H](N)[C@H]1c1ccc(F)cc1. The molecule has 14 heavy (non-hydrogen) atoms. The highest BCUT2D eigenvalue weighted by molar-refractivity contribution is 5.22. The number of likely N-dealkylation sites (N-methyl/N-ethyl adjacent to an activating group) is 1. The van der Waals surface area contributed by atoms with Crippen LogP contribution in [-0.2, 0) is 0 Å². The van der Waals surface area contributed by atoms with Gasteiger partial charge in [0, 0.05) is 18.6 Å². The van der Waals surface area contributed by atoms with Gasteiger partial charge < -0.3 is 5.73 Å². The van der Waals surface area contributed by atoms with E-state index in [4.69, 9.17) is 5.73 Å². The topological polar surface area (TPSA) is 29.3 Å². The van der Waals surface area contributed by atoms with E-state index in [1.165, 1.54) is 12.1 Å². The lowest BCUT2D eigenvalue weighted by atomic mass is 10.0. The van der Waals surface area contributed by atoms with Gasteiger partial charge in [-0.05, 0) is 31.2 Å². The lowest BCUT2D eigenvalue weighted by molar-refractivity contribution is 0.304. The summed E-state index contributed by atoms with van der Waals surface area (Å²) in [5.74, 6) is -0.192. The average molecular weight is 194 g/mol. The number of nitrogens with two attached hydrogens (primary N) is 1. The summed E-state index contributed by atoms with van der Waals surface area (Å²) in [5.41, 5.74) is 7.11. The molecule has 0 spiro atoms. The Kier molecular flexibility index (Phi) is 2.52. The van der Waals surface area contributed by atoms with Crippen LogP contribution in [0.2, 0.25) is 0 Å². The predicted molar refractivity (Wildman–Crippen MR) is 54.4 cm³/mol. The minimum Gasteiger partial charge on any atom is -0.326 e. The quantitative estimate of drug-likeness (QED) is 0.734. The third-order valence-electron chi connectivity index (χ3n) is 2.91. The zero-order chi connectivity index (χ0) is 10.1. The number of hydrogen-bond donors (Lipinski definition) is 1. The van der Waals surface area contributed by atoms with Gasteiger partial charge in [-0.3, -0.25) is 4.90 Å². The lowest BCUT2D eigenvalue weighted by Crippen LogP contribution is -2.29. The Hall–Kier alpha value is -0.930. The summed E-state index contributed by atoms with van der Waals surface area (Å²) in [5, 5.41) is 0. The Balaban J connectivity index is 2.25. The molecule has 0 radical (unpaired) electrons. The van der Waals surface area contributed by atoms with Crippen molar-refractivity contribution in [3.8, 4) is 0 Å². The van der Waals surface area contributed by atoms with Gasteiger partial charge in [-0.25, -0.2) is 4.39 Å². The molecule has 3 heteroatoms. The van der Waals surface area contributed by atoms with Crippen LogP contribution < -0.4 is 5.73 Å². The zero-order valence-electron chi connectivity index (χ0n) is 8.28. The fraction of sp³-hybridized carbons (Fsp3) is 0.455. The smallest absolute Gasteiger partial charge is 0.123 e. The van der Waals surface area contributed by atoms with E-state index in [0.29, 0.717) is 0 Å². The maximum Gasteiger partial charge on any atom is 0.123 e. The van der Waals surface area contributed by atoms with Crippen molar-refractivity contribution >= 4 is 0 Å². The van der Waals surface area contributed by atoms with E-state index in [9.17, 15) is 4.39 Å². The van der Waals surface area contributed by atoms with Gasteiger partial charge in [0.15, 0.2) is 0 Å². The second-order valence-electron chi connectivity index (χ2n) is 3.93. The maximum atomic E-state index is 12.7. The highest BCUT2D eigenvalue weighted by atomic mass is 19.1. The second-order valence-corrected chi connectivity index (χ2v) is 3.93. The van der Waals surface area contributed by atoms with Crippen molar-refractivity contribution in [2.45, 2.75) is 18.5 Å². The molecule has 2 rings (SSSR count). The van der Waals surface area contributed by atoms with E-state index >= 15 is 0 Å². The maximum absolute atomic E-state index is 12.7. The van der Waals surface area contributed by atoms with Gasteiger partial charge in [0.1, 0.15) is 5.82 Å². The van der Waals surface area contributed by atoms with Gasteiger partial charge in [0.05, 0.1) is 0 Å². The molecule has 1 fully saturated rings. The molecule has 1 aliphatic rings. The fourth-order valence-corrected chi connectivity index (χ4v) is 2.14. The first-order valence-electron chi connectivity index (χ1n) is 4.90. The molecule has 0 aliphatic carbocycles. The van der Waals surface area contributed by atoms with Crippen molar-refractivity contribution in [2.75, 3.05) is 13.6 Å². The minimum atomic E-state index is -0.192. The Morgan fingerprint density at radius 2 is 2.00 bits per heavy atom. The molecule has 0 unspecified atom stereocenters. The number of halogens is 1. The molecular formula is C11H15FN2. The molecule has 1 heterocycles. The summed E-state index contributed by atoms with van der Waals surface area (Å²) in [4.78, 5) is 2.22. The van der Waals surface area contributed by atoms with Crippen LogP contribution in [0.4, 0.5) is 4.39 Å². The molecule has 1 aliphatic heterocycles. The molecule has 2 N–H and O–H groups in total. The Morgan fingerprint density at radius 1 is 1.36 bits per heavy atom. The third kappa shape index (κ3) is 1.65. The van der Waals surface area contributed by atoms with Crippen LogP contribution in [0.3, 0.4) is 0 Å². The number of rotatable bonds is 1. The monoisotopic (exact) mass is 194 g/mol. The summed E-state index contributed by atoms with van der Waals surface area (Å²) in [6.45, 7) is 1.02. The van der Waals surface area contributed by atoms with E-state index in [1.54, 1.807) is 0 Å². The Morgan fingerprint density at radius 3 is 2.50 bits per heavy atom. The first-order valence-corrected chi connectivity index (χ1v) is 4.90. The number of nitrogens with zero attached hydrogens (tertiary/aromatic N) is 1.